The smallest absolute Gasteiger partial charge is 0.263 e. The number of aliphatic hydroxyl groups is 1. The Balaban J connectivity index is 1.89. The van der Waals surface area contributed by atoms with Gasteiger partial charge in [0, 0.05) is 23.9 Å². The summed E-state index contributed by atoms with van der Waals surface area (Å²) in [6.45, 7) is 0.732. The first-order valence-electron chi connectivity index (χ1n) is 5.27. The predicted molar refractivity (Wildman–Crippen MR) is 67.3 cm³/mol. The van der Waals surface area contributed by atoms with Crippen LogP contribution in [0.5, 0.6) is 0 Å². The molecule has 0 radical (unpaired) electrons. The lowest BCUT2D eigenvalue weighted by molar-refractivity contribution is 0.0266. The van der Waals surface area contributed by atoms with E-state index in [4.69, 9.17) is 0 Å². The summed E-state index contributed by atoms with van der Waals surface area (Å²) < 4.78 is 0. The van der Waals surface area contributed by atoms with Gasteiger partial charge < -0.3 is 10.0 Å². The summed E-state index contributed by atoms with van der Waals surface area (Å²) >= 11 is 5.61. The molecule has 5 heteroatoms. The molecular formula is C11H15NO2S2. The van der Waals surface area contributed by atoms with Crippen LogP contribution in [0.15, 0.2) is 16.3 Å². The van der Waals surface area contributed by atoms with Crippen molar-refractivity contribution in [1.29, 1.82) is 0 Å². The van der Waals surface area contributed by atoms with Crippen LogP contribution in [0.25, 0.3) is 0 Å². The van der Waals surface area contributed by atoms with Crippen LogP contribution in [0.3, 0.4) is 0 Å². The Morgan fingerprint density at radius 3 is 2.88 bits per heavy atom. The Morgan fingerprint density at radius 1 is 1.69 bits per heavy atom. The molecule has 1 saturated carbocycles. The van der Waals surface area contributed by atoms with Gasteiger partial charge in [-0.3, -0.25) is 4.79 Å². The third-order valence-corrected chi connectivity index (χ3v) is 4.24. The molecule has 3 nitrogen and oxygen atoms in total. The second-order valence-electron chi connectivity index (χ2n) is 4.35. The molecule has 0 atom stereocenters. The third-order valence-electron chi connectivity index (χ3n) is 2.89. The van der Waals surface area contributed by atoms with Gasteiger partial charge in [0.2, 0.25) is 0 Å². The molecule has 1 aliphatic rings. The highest BCUT2D eigenvalue weighted by Gasteiger charge is 2.29. The maximum Gasteiger partial charge on any atom is 0.263 e. The molecule has 1 aliphatic carbocycles. The Labute approximate surface area is 104 Å². The molecule has 0 aliphatic heterocycles. The Hall–Kier alpha value is -0.520. The van der Waals surface area contributed by atoms with Crippen LogP contribution in [0.1, 0.15) is 22.5 Å². The topological polar surface area (TPSA) is 40.5 Å². The minimum atomic E-state index is -0.153. The van der Waals surface area contributed by atoms with Gasteiger partial charge in [0.15, 0.2) is 0 Å². The number of thiophene rings is 1. The maximum absolute atomic E-state index is 12.0. The molecule has 2 rings (SSSR count). The molecule has 1 fully saturated rings. The highest BCUT2D eigenvalue weighted by molar-refractivity contribution is 7.80. The van der Waals surface area contributed by atoms with Gasteiger partial charge in [-0.05, 0) is 24.8 Å². The van der Waals surface area contributed by atoms with Gasteiger partial charge in [0.05, 0.1) is 11.0 Å². The molecule has 1 aromatic rings. The van der Waals surface area contributed by atoms with E-state index in [1.807, 2.05) is 12.4 Å². The molecule has 1 N–H and O–H groups in total. The monoisotopic (exact) mass is 257 g/mol. The summed E-state index contributed by atoms with van der Waals surface area (Å²) in [6.07, 6.45) is 1.49. The fourth-order valence-corrected chi connectivity index (χ4v) is 3.09. The van der Waals surface area contributed by atoms with Crippen molar-refractivity contribution in [1.82, 2.24) is 4.90 Å². The third kappa shape index (κ3) is 2.59. The van der Waals surface area contributed by atoms with E-state index in [0.717, 1.165) is 29.2 Å². The second-order valence-corrected chi connectivity index (χ2v) is 5.77. The number of hydrogen-bond donors (Lipinski definition) is 2. The van der Waals surface area contributed by atoms with E-state index in [1.54, 1.807) is 11.0 Å². The molecular weight excluding hydrogens is 242 g/mol. The minimum absolute atomic E-state index is 0.0479. The van der Waals surface area contributed by atoms with E-state index in [1.165, 1.54) is 11.3 Å². The summed E-state index contributed by atoms with van der Waals surface area (Å²) in [5, 5.41) is 11.0. The molecule has 0 aromatic carbocycles. The number of carbonyl (C=O) groups is 1. The van der Waals surface area contributed by atoms with Crippen molar-refractivity contribution >= 4 is 29.9 Å². The first kappa shape index (κ1) is 12.0. The van der Waals surface area contributed by atoms with E-state index in [0.29, 0.717) is 5.92 Å². The van der Waals surface area contributed by atoms with Gasteiger partial charge in [-0.25, -0.2) is 0 Å². The number of hydrogen-bond acceptors (Lipinski definition) is 4. The zero-order valence-electron chi connectivity index (χ0n) is 9.09. The zero-order chi connectivity index (χ0) is 11.7. The zero-order valence-corrected chi connectivity index (χ0v) is 10.8. The lowest BCUT2D eigenvalue weighted by Gasteiger charge is -2.34. The molecule has 0 unspecified atom stereocenters. The average molecular weight is 257 g/mol. The minimum Gasteiger partial charge on any atom is -0.393 e. The number of rotatable bonds is 3. The lowest BCUT2D eigenvalue weighted by atomic mass is 9.82. The van der Waals surface area contributed by atoms with Gasteiger partial charge >= 0.3 is 0 Å². The van der Waals surface area contributed by atoms with Crippen molar-refractivity contribution in [2.45, 2.75) is 23.8 Å². The van der Waals surface area contributed by atoms with Crippen molar-refractivity contribution in [3.8, 4) is 0 Å². The number of nitrogens with zero attached hydrogens (tertiary/aromatic N) is 1. The van der Waals surface area contributed by atoms with Crippen LogP contribution in [0, 0.1) is 5.92 Å². The molecule has 88 valence electrons. The molecule has 16 heavy (non-hydrogen) atoms. The van der Waals surface area contributed by atoms with Crippen LogP contribution in [0.4, 0.5) is 0 Å². The number of aliphatic hydroxyl groups excluding tert-OH is 1. The Kier molecular flexibility index (Phi) is 3.56. The van der Waals surface area contributed by atoms with Crippen LogP contribution < -0.4 is 0 Å². The van der Waals surface area contributed by atoms with Gasteiger partial charge in [0.1, 0.15) is 0 Å². The summed E-state index contributed by atoms with van der Waals surface area (Å²) in [5.41, 5.74) is 0. The van der Waals surface area contributed by atoms with Crippen molar-refractivity contribution in [2.75, 3.05) is 13.6 Å². The van der Waals surface area contributed by atoms with Crippen molar-refractivity contribution < 1.29 is 9.90 Å². The van der Waals surface area contributed by atoms with E-state index in [9.17, 15) is 9.90 Å². The normalized spacial score (nSPS) is 23.9. The fraction of sp³-hybridized carbons (Fsp3) is 0.545. The van der Waals surface area contributed by atoms with Crippen LogP contribution in [-0.4, -0.2) is 35.6 Å². The van der Waals surface area contributed by atoms with Gasteiger partial charge in [-0.1, -0.05) is 0 Å². The first-order chi connectivity index (χ1) is 7.56. The molecule has 0 saturated heterocycles. The maximum atomic E-state index is 12.0. The largest absolute Gasteiger partial charge is 0.393 e. The average Bonchev–Trinajstić information content (AvgIpc) is 2.61. The lowest BCUT2D eigenvalue weighted by Crippen LogP contribution is -2.39. The van der Waals surface area contributed by atoms with Crippen LogP contribution in [-0.2, 0) is 0 Å². The molecule has 0 bridgehead atoms. The van der Waals surface area contributed by atoms with Crippen molar-refractivity contribution in [3.05, 3.63) is 16.3 Å². The standard InChI is InChI=1S/C11H15NO2S2/c1-12(5-7-2-8(13)3-7)11(14)10-4-9(15)6-16-10/h4,6-8,13,15H,2-3,5H2,1H3. The van der Waals surface area contributed by atoms with Crippen molar-refractivity contribution in [3.63, 3.8) is 0 Å². The molecule has 1 aromatic heterocycles. The van der Waals surface area contributed by atoms with E-state index in [-0.39, 0.29) is 12.0 Å². The van der Waals surface area contributed by atoms with Crippen LogP contribution in [0.2, 0.25) is 0 Å². The summed E-state index contributed by atoms with van der Waals surface area (Å²) in [6, 6.07) is 1.79. The number of thiol groups is 1. The molecule has 1 amide bonds. The van der Waals surface area contributed by atoms with Crippen molar-refractivity contribution in [2.24, 2.45) is 5.92 Å². The predicted octanol–water partition coefficient (Wildman–Crippen LogP) is 1.88. The number of amides is 1. The fourth-order valence-electron chi connectivity index (χ4n) is 1.95. The molecule has 1 heterocycles. The highest BCUT2D eigenvalue weighted by atomic mass is 32.1. The quantitative estimate of drug-likeness (QED) is 0.812. The Morgan fingerprint density at radius 2 is 2.38 bits per heavy atom. The summed E-state index contributed by atoms with van der Waals surface area (Å²) in [5.74, 6) is 0.506. The second kappa shape index (κ2) is 4.77. The first-order valence-corrected chi connectivity index (χ1v) is 6.60. The van der Waals surface area contributed by atoms with E-state index < -0.39 is 0 Å². The highest BCUT2D eigenvalue weighted by Crippen LogP contribution is 2.28. The van der Waals surface area contributed by atoms with Crippen LogP contribution >= 0.6 is 24.0 Å². The SMILES string of the molecule is CN(CC1CC(O)C1)C(=O)c1cc(S)cs1. The number of carbonyl (C=O) groups excluding carboxylic acids is 1. The summed E-state index contributed by atoms with van der Waals surface area (Å²) in [4.78, 5) is 15.2. The summed E-state index contributed by atoms with van der Waals surface area (Å²) in [7, 11) is 1.81. The van der Waals surface area contributed by atoms with Gasteiger partial charge in [-0.2, -0.15) is 0 Å². The van der Waals surface area contributed by atoms with Gasteiger partial charge in [-0.15, -0.1) is 24.0 Å². The van der Waals surface area contributed by atoms with E-state index >= 15 is 0 Å². The molecule has 0 spiro atoms. The van der Waals surface area contributed by atoms with E-state index in [2.05, 4.69) is 12.6 Å². The van der Waals surface area contributed by atoms with Gasteiger partial charge in [0.25, 0.3) is 5.91 Å². The Bertz CT molecular complexity index is 385.